The molecule has 0 unspecified atom stereocenters. The molecule has 0 radical (unpaired) electrons. The van der Waals surface area contributed by atoms with Gasteiger partial charge in [-0.05, 0) is 56.2 Å². The summed E-state index contributed by atoms with van der Waals surface area (Å²) >= 11 is 0. The zero-order valence-corrected chi connectivity index (χ0v) is 13.6. The number of hydrogen-bond donors (Lipinski definition) is 0. The minimum Gasteiger partial charge on any atom is -0.489 e. The number of carbonyl (C=O) groups excluding carboxylic acids is 1. The van der Waals surface area contributed by atoms with E-state index in [1.54, 1.807) is 12.1 Å². The van der Waals surface area contributed by atoms with Gasteiger partial charge in [-0.2, -0.15) is 0 Å². The molecule has 0 bridgehead atoms. The molecule has 0 aromatic heterocycles. The predicted molar refractivity (Wildman–Crippen MR) is 86.4 cm³/mol. The number of ether oxygens (including phenoxy) is 2. The maximum Gasteiger partial charge on any atom is 0.311 e. The van der Waals surface area contributed by atoms with Gasteiger partial charge in [0.05, 0.1) is 5.41 Å². The molecule has 0 aliphatic heterocycles. The molecule has 0 heterocycles. The molecule has 0 saturated carbocycles. The van der Waals surface area contributed by atoms with Crippen LogP contribution in [-0.2, 0) is 22.7 Å². The lowest BCUT2D eigenvalue weighted by Gasteiger charge is -2.16. The molecule has 0 amide bonds. The Bertz CT molecular complexity index is 640. The lowest BCUT2D eigenvalue weighted by molar-refractivity contribution is -0.154. The van der Waals surface area contributed by atoms with E-state index in [2.05, 4.69) is 0 Å². The van der Waals surface area contributed by atoms with Gasteiger partial charge in [-0.25, -0.2) is 4.39 Å². The van der Waals surface area contributed by atoms with Crippen LogP contribution in [0.15, 0.2) is 48.5 Å². The summed E-state index contributed by atoms with van der Waals surface area (Å²) in [4.78, 5) is 11.7. The van der Waals surface area contributed by atoms with Crippen LogP contribution in [0.2, 0.25) is 0 Å². The zero-order chi connectivity index (χ0) is 16.9. The summed E-state index contributed by atoms with van der Waals surface area (Å²) < 4.78 is 23.7. The molecule has 23 heavy (non-hydrogen) atoms. The lowest BCUT2D eigenvalue weighted by Crippen LogP contribution is -2.22. The molecule has 3 nitrogen and oxygen atoms in total. The van der Waals surface area contributed by atoms with Gasteiger partial charge in [-0.1, -0.05) is 24.3 Å². The molecule has 0 atom stereocenters. The van der Waals surface area contributed by atoms with Gasteiger partial charge in [0, 0.05) is 0 Å². The van der Waals surface area contributed by atoms with E-state index in [9.17, 15) is 9.18 Å². The largest absolute Gasteiger partial charge is 0.489 e. The van der Waals surface area contributed by atoms with Gasteiger partial charge in [0.15, 0.2) is 0 Å². The predicted octanol–water partition coefficient (Wildman–Crippen LogP) is 4.49. The monoisotopic (exact) mass is 316 g/mol. The van der Waals surface area contributed by atoms with Crippen LogP contribution in [0.3, 0.4) is 0 Å². The smallest absolute Gasteiger partial charge is 0.311 e. The Morgan fingerprint density at radius 3 is 2.00 bits per heavy atom. The quantitative estimate of drug-likeness (QED) is 0.762. The topological polar surface area (TPSA) is 35.5 Å². The molecular weight excluding hydrogens is 295 g/mol. The highest BCUT2D eigenvalue weighted by molar-refractivity contribution is 5.75. The highest BCUT2D eigenvalue weighted by atomic mass is 19.1. The van der Waals surface area contributed by atoms with Crippen LogP contribution in [0.4, 0.5) is 4.39 Å². The number of esters is 1. The van der Waals surface area contributed by atoms with Crippen LogP contribution in [0, 0.1) is 11.2 Å². The van der Waals surface area contributed by atoms with Gasteiger partial charge in [-0.3, -0.25) is 4.79 Å². The third-order valence-electron chi connectivity index (χ3n) is 3.22. The lowest BCUT2D eigenvalue weighted by atomic mass is 9.97. The van der Waals surface area contributed by atoms with E-state index in [0.29, 0.717) is 12.4 Å². The molecule has 0 spiro atoms. The Kier molecular flexibility index (Phi) is 5.37. The minimum atomic E-state index is -0.502. The fourth-order valence-corrected chi connectivity index (χ4v) is 1.79. The summed E-state index contributed by atoms with van der Waals surface area (Å²) in [7, 11) is 0. The van der Waals surface area contributed by atoms with Crippen LogP contribution in [-0.4, -0.2) is 5.97 Å². The fraction of sp³-hybridized carbons (Fsp3) is 0.316. The Morgan fingerprint density at radius 2 is 1.43 bits per heavy atom. The van der Waals surface area contributed by atoms with Crippen molar-refractivity contribution in [1.82, 2.24) is 0 Å². The Balaban J connectivity index is 1.84. The van der Waals surface area contributed by atoms with E-state index in [4.69, 9.17) is 9.47 Å². The highest BCUT2D eigenvalue weighted by Gasteiger charge is 2.22. The zero-order valence-electron chi connectivity index (χ0n) is 13.6. The summed E-state index contributed by atoms with van der Waals surface area (Å²) in [5.74, 6) is 0.220. The van der Waals surface area contributed by atoms with Crippen LogP contribution < -0.4 is 4.74 Å². The first-order valence-electron chi connectivity index (χ1n) is 7.48. The SMILES string of the molecule is CC(C)(C)C(=O)OCc1ccc(OCc2ccc(F)cc2)cc1. The van der Waals surface area contributed by atoms with Crippen LogP contribution in [0.5, 0.6) is 5.75 Å². The van der Waals surface area contributed by atoms with Crippen LogP contribution in [0.25, 0.3) is 0 Å². The highest BCUT2D eigenvalue weighted by Crippen LogP contribution is 2.18. The minimum absolute atomic E-state index is 0.228. The van der Waals surface area contributed by atoms with Crippen molar-refractivity contribution in [2.45, 2.75) is 34.0 Å². The van der Waals surface area contributed by atoms with Gasteiger partial charge in [0.1, 0.15) is 24.8 Å². The first-order valence-corrected chi connectivity index (χ1v) is 7.48. The van der Waals surface area contributed by atoms with Crippen molar-refractivity contribution in [3.05, 3.63) is 65.5 Å². The Morgan fingerprint density at radius 1 is 0.913 bits per heavy atom. The second kappa shape index (κ2) is 7.27. The van der Waals surface area contributed by atoms with Gasteiger partial charge < -0.3 is 9.47 Å². The van der Waals surface area contributed by atoms with E-state index in [1.165, 1.54) is 12.1 Å². The maximum absolute atomic E-state index is 12.8. The Hall–Kier alpha value is -2.36. The Labute approximate surface area is 136 Å². The number of hydrogen-bond acceptors (Lipinski definition) is 3. The van der Waals surface area contributed by atoms with E-state index in [-0.39, 0.29) is 18.4 Å². The summed E-state index contributed by atoms with van der Waals surface area (Å²) in [6.07, 6.45) is 0. The summed E-state index contributed by atoms with van der Waals surface area (Å²) in [6, 6.07) is 13.6. The summed E-state index contributed by atoms with van der Waals surface area (Å²) in [6.45, 7) is 6.08. The van der Waals surface area contributed by atoms with Gasteiger partial charge >= 0.3 is 5.97 Å². The standard InChI is InChI=1S/C19H21FO3/c1-19(2,3)18(21)23-13-15-6-10-17(11-7-15)22-12-14-4-8-16(20)9-5-14/h4-11H,12-13H2,1-3H3. The molecule has 122 valence electrons. The van der Waals surface area contributed by atoms with E-state index < -0.39 is 5.41 Å². The van der Waals surface area contributed by atoms with Gasteiger partial charge in [0.25, 0.3) is 0 Å². The number of benzene rings is 2. The summed E-state index contributed by atoms with van der Waals surface area (Å²) in [5, 5.41) is 0. The van der Waals surface area contributed by atoms with Gasteiger partial charge in [-0.15, -0.1) is 0 Å². The number of rotatable bonds is 5. The molecule has 2 rings (SSSR count). The average molecular weight is 316 g/mol. The second-order valence-electron chi connectivity index (χ2n) is 6.39. The van der Waals surface area contributed by atoms with Crippen molar-refractivity contribution in [1.29, 1.82) is 0 Å². The molecular formula is C19H21FO3. The number of carbonyl (C=O) groups is 1. The van der Waals surface area contributed by atoms with Crippen molar-refractivity contribution >= 4 is 5.97 Å². The van der Waals surface area contributed by atoms with Crippen molar-refractivity contribution in [2.24, 2.45) is 5.41 Å². The molecule has 0 fully saturated rings. The normalized spacial score (nSPS) is 11.1. The van der Waals surface area contributed by atoms with Crippen molar-refractivity contribution in [3.8, 4) is 5.75 Å². The molecule has 4 heteroatoms. The first kappa shape index (κ1) is 17.0. The molecule has 2 aromatic carbocycles. The maximum atomic E-state index is 12.8. The third kappa shape index (κ3) is 5.40. The van der Waals surface area contributed by atoms with Crippen LogP contribution >= 0.6 is 0 Å². The van der Waals surface area contributed by atoms with E-state index in [1.807, 2.05) is 45.0 Å². The van der Waals surface area contributed by atoms with Crippen molar-refractivity contribution in [2.75, 3.05) is 0 Å². The molecule has 0 N–H and O–H groups in total. The van der Waals surface area contributed by atoms with Gasteiger partial charge in [0.2, 0.25) is 0 Å². The summed E-state index contributed by atoms with van der Waals surface area (Å²) in [5.41, 5.74) is 1.30. The number of halogens is 1. The van der Waals surface area contributed by atoms with Crippen molar-refractivity contribution < 1.29 is 18.7 Å². The third-order valence-corrected chi connectivity index (χ3v) is 3.22. The first-order chi connectivity index (χ1) is 10.8. The van der Waals surface area contributed by atoms with Crippen LogP contribution in [0.1, 0.15) is 31.9 Å². The second-order valence-corrected chi connectivity index (χ2v) is 6.39. The van der Waals surface area contributed by atoms with E-state index >= 15 is 0 Å². The molecule has 0 saturated heterocycles. The van der Waals surface area contributed by atoms with Crippen molar-refractivity contribution in [3.63, 3.8) is 0 Å². The molecule has 0 aliphatic rings. The molecule has 2 aromatic rings. The van der Waals surface area contributed by atoms with E-state index in [0.717, 1.165) is 11.1 Å². The fourth-order valence-electron chi connectivity index (χ4n) is 1.79. The average Bonchev–Trinajstić information content (AvgIpc) is 2.52. The molecule has 0 aliphatic carbocycles.